The largest absolute Gasteiger partial charge is 0.458 e. The average Bonchev–Trinajstić information content (AvgIpc) is 3.14. The van der Waals surface area contributed by atoms with Crippen molar-refractivity contribution in [2.24, 2.45) is 5.92 Å². The first-order valence-corrected chi connectivity index (χ1v) is 15.4. The first-order chi connectivity index (χ1) is 23.3. The van der Waals surface area contributed by atoms with E-state index in [0.717, 1.165) is 32.1 Å². The molecule has 10 nitrogen and oxygen atoms in total. The van der Waals surface area contributed by atoms with Gasteiger partial charge >= 0.3 is 23.9 Å². The molecule has 240 valence electrons. The molecule has 0 saturated heterocycles. The minimum atomic E-state index is -0.664. The molecule has 5 rings (SSSR count). The molecule has 0 radical (unpaired) electrons. The summed E-state index contributed by atoms with van der Waals surface area (Å²) in [6.45, 7) is -0.134. The summed E-state index contributed by atoms with van der Waals surface area (Å²) < 4.78 is 22.2. The summed E-state index contributed by atoms with van der Waals surface area (Å²) in [7, 11) is 0. The summed E-state index contributed by atoms with van der Waals surface area (Å²) in [5.41, 5.74) is 1.87. The van der Waals surface area contributed by atoms with Gasteiger partial charge in [-0.3, -0.25) is 0 Å². The lowest BCUT2D eigenvalue weighted by Gasteiger charge is -2.29. The van der Waals surface area contributed by atoms with Crippen LogP contribution in [0.2, 0.25) is 0 Å². The first-order valence-electron chi connectivity index (χ1n) is 15.4. The third-order valence-electron chi connectivity index (χ3n) is 7.91. The normalized spacial score (nSPS) is 13.2. The van der Waals surface area contributed by atoms with Gasteiger partial charge in [0.2, 0.25) is 0 Å². The molecule has 0 amide bonds. The molecule has 48 heavy (non-hydrogen) atoms. The number of rotatable bonds is 10. The topological polar surface area (TPSA) is 153 Å². The van der Waals surface area contributed by atoms with E-state index >= 15 is 0 Å². The summed E-state index contributed by atoms with van der Waals surface area (Å²) >= 11 is 0. The van der Waals surface area contributed by atoms with Gasteiger partial charge in [-0.25, -0.2) is 19.2 Å². The highest BCUT2D eigenvalue weighted by molar-refractivity contribution is 5.93. The van der Waals surface area contributed by atoms with E-state index in [1.165, 1.54) is 97.1 Å². The zero-order valence-corrected chi connectivity index (χ0v) is 25.8. The molecule has 0 spiro atoms. The van der Waals surface area contributed by atoms with Gasteiger partial charge in [-0.05, 0) is 116 Å². The minimum Gasteiger partial charge on any atom is -0.458 e. The van der Waals surface area contributed by atoms with Crippen LogP contribution in [-0.4, -0.2) is 36.6 Å². The van der Waals surface area contributed by atoms with E-state index in [-0.39, 0.29) is 46.3 Å². The van der Waals surface area contributed by atoms with E-state index in [1.54, 1.807) is 0 Å². The van der Waals surface area contributed by atoms with Gasteiger partial charge in [0.15, 0.2) is 0 Å². The van der Waals surface area contributed by atoms with Crippen LogP contribution in [0.3, 0.4) is 0 Å². The molecule has 0 heterocycles. The Labute approximate surface area is 277 Å². The molecule has 0 bridgehead atoms. The number of hydrogen-bond acceptors (Lipinski definition) is 10. The molecule has 0 N–H and O–H groups in total. The fraction of sp³-hybridized carbons (Fsp3) is 0.211. The smallest absolute Gasteiger partial charge is 0.343 e. The van der Waals surface area contributed by atoms with Crippen LogP contribution in [0, 0.1) is 28.6 Å². The number of hydrogen-bond donors (Lipinski definition) is 0. The van der Waals surface area contributed by atoms with E-state index in [0.29, 0.717) is 11.1 Å². The van der Waals surface area contributed by atoms with Crippen LogP contribution >= 0.6 is 0 Å². The number of nitrogens with zero attached hydrogens (tertiary/aromatic N) is 2. The fourth-order valence-corrected chi connectivity index (χ4v) is 5.23. The second-order valence-electron chi connectivity index (χ2n) is 11.1. The summed E-state index contributed by atoms with van der Waals surface area (Å²) in [5, 5.41) is 17.8. The summed E-state index contributed by atoms with van der Waals surface area (Å²) in [6.07, 6.45) is 4.05. The monoisotopic (exact) mass is 642 g/mol. The quantitative estimate of drug-likeness (QED) is 0.133. The second-order valence-corrected chi connectivity index (χ2v) is 11.1. The molecule has 1 aliphatic rings. The predicted octanol–water partition coefficient (Wildman–Crippen LogP) is 6.83. The van der Waals surface area contributed by atoms with Crippen LogP contribution in [-0.2, 0) is 9.47 Å². The van der Waals surface area contributed by atoms with E-state index in [9.17, 15) is 19.2 Å². The minimum absolute atomic E-state index is 0.0205. The first kappa shape index (κ1) is 33.1. The highest BCUT2D eigenvalue weighted by Crippen LogP contribution is 2.29. The van der Waals surface area contributed by atoms with Crippen LogP contribution in [0.15, 0.2) is 97.1 Å². The molecular weight excluding hydrogens is 612 g/mol. The van der Waals surface area contributed by atoms with Gasteiger partial charge < -0.3 is 18.9 Å². The molecule has 0 aromatic heterocycles. The summed E-state index contributed by atoms with van der Waals surface area (Å²) in [5.74, 6) is -1.95. The Bertz CT molecular complexity index is 1850. The summed E-state index contributed by atoms with van der Waals surface area (Å²) in [6, 6.07) is 27.9. The SMILES string of the molecule is N#Cc1ccc(C(=O)Oc2ccc(C(=O)OCC(OC(=O)c3ccc(OC(=O)c4ccc(C#N)cc4)cc3)C3CCCCC3)cc2)cc1. The van der Waals surface area contributed by atoms with Crippen molar-refractivity contribution in [2.75, 3.05) is 6.61 Å². The average molecular weight is 643 g/mol. The molecular formula is C38H30N2O8. The Kier molecular flexibility index (Phi) is 10.9. The van der Waals surface area contributed by atoms with E-state index in [2.05, 4.69) is 0 Å². The molecule has 1 fully saturated rings. The van der Waals surface area contributed by atoms with Crippen molar-refractivity contribution in [3.63, 3.8) is 0 Å². The number of esters is 4. The maximum absolute atomic E-state index is 13.1. The van der Waals surface area contributed by atoms with Crippen molar-refractivity contribution in [1.29, 1.82) is 10.5 Å². The molecule has 4 aromatic carbocycles. The molecule has 1 saturated carbocycles. The van der Waals surface area contributed by atoms with Crippen LogP contribution < -0.4 is 9.47 Å². The maximum atomic E-state index is 13.1. The third-order valence-corrected chi connectivity index (χ3v) is 7.91. The van der Waals surface area contributed by atoms with Crippen molar-refractivity contribution in [3.8, 4) is 23.6 Å². The Morgan fingerprint density at radius 1 is 0.562 bits per heavy atom. The number of carbonyl (C=O) groups is 4. The van der Waals surface area contributed by atoms with Crippen molar-refractivity contribution in [1.82, 2.24) is 0 Å². The maximum Gasteiger partial charge on any atom is 0.343 e. The standard InChI is InChI=1S/C38H30N2O8/c39-22-25-6-10-29(11-7-25)36(42)46-32-18-14-28(15-19-32)35(41)45-24-34(27-4-2-1-3-5-27)48-38(44)31-16-20-33(21-17-31)47-37(43)30-12-8-26(23-40)9-13-30/h6-21,27,34H,1-5,24H2. The Morgan fingerprint density at radius 2 is 0.958 bits per heavy atom. The highest BCUT2D eigenvalue weighted by atomic mass is 16.6. The van der Waals surface area contributed by atoms with Crippen molar-refractivity contribution in [3.05, 3.63) is 130 Å². The lowest BCUT2D eigenvalue weighted by Crippen LogP contribution is -2.33. The lowest BCUT2D eigenvalue weighted by atomic mass is 9.85. The molecule has 4 aromatic rings. The van der Waals surface area contributed by atoms with Gasteiger partial charge in [0.1, 0.15) is 24.2 Å². The number of carbonyl (C=O) groups excluding carboxylic acids is 4. The van der Waals surface area contributed by atoms with Gasteiger partial charge in [-0.1, -0.05) is 19.3 Å². The van der Waals surface area contributed by atoms with Crippen molar-refractivity contribution >= 4 is 23.9 Å². The van der Waals surface area contributed by atoms with Gasteiger partial charge in [-0.2, -0.15) is 10.5 Å². The van der Waals surface area contributed by atoms with Gasteiger partial charge in [-0.15, -0.1) is 0 Å². The summed E-state index contributed by atoms with van der Waals surface area (Å²) in [4.78, 5) is 50.9. The van der Waals surface area contributed by atoms with Gasteiger partial charge in [0.25, 0.3) is 0 Å². The molecule has 1 unspecified atom stereocenters. The highest BCUT2D eigenvalue weighted by Gasteiger charge is 2.29. The third kappa shape index (κ3) is 8.71. The zero-order chi connectivity index (χ0) is 33.9. The van der Waals surface area contributed by atoms with Gasteiger partial charge in [0, 0.05) is 0 Å². The number of nitriles is 2. The van der Waals surface area contributed by atoms with Crippen LogP contribution in [0.4, 0.5) is 0 Å². The molecule has 0 aliphatic heterocycles. The van der Waals surface area contributed by atoms with Gasteiger partial charge in [0.05, 0.1) is 45.5 Å². The Morgan fingerprint density at radius 3 is 1.40 bits per heavy atom. The van der Waals surface area contributed by atoms with Crippen LogP contribution in [0.5, 0.6) is 11.5 Å². The van der Waals surface area contributed by atoms with E-state index in [4.69, 9.17) is 29.5 Å². The molecule has 1 atom stereocenters. The second kappa shape index (κ2) is 15.8. The molecule has 1 aliphatic carbocycles. The van der Waals surface area contributed by atoms with Crippen molar-refractivity contribution < 1.29 is 38.1 Å². The Hall–Kier alpha value is -6.26. The van der Waals surface area contributed by atoms with Crippen LogP contribution in [0.25, 0.3) is 0 Å². The zero-order valence-electron chi connectivity index (χ0n) is 25.8. The lowest BCUT2D eigenvalue weighted by molar-refractivity contribution is -0.0247. The van der Waals surface area contributed by atoms with E-state index < -0.39 is 30.0 Å². The number of benzene rings is 4. The molecule has 10 heteroatoms. The Balaban J connectivity index is 1.17. The number of ether oxygens (including phenoxy) is 4. The van der Waals surface area contributed by atoms with E-state index in [1.807, 2.05) is 12.1 Å². The fourth-order valence-electron chi connectivity index (χ4n) is 5.23. The predicted molar refractivity (Wildman–Crippen MR) is 171 cm³/mol. The van der Waals surface area contributed by atoms with Crippen LogP contribution in [0.1, 0.15) is 84.7 Å². The van der Waals surface area contributed by atoms with Crippen molar-refractivity contribution in [2.45, 2.75) is 38.2 Å².